The van der Waals surface area contributed by atoms with Crippen molar-refractivity contribution < 1.29 is 14.3 Å². The highest BCUT2D eigenvalue weighted by Gasteiger charge is 2.22. The van der Waals surface area contributed by atoms with Crippen LogP contribution >= 0.6 is 0 Å². The molecule has 2 aromatic rings. The molecule has 0 heterocycles. The van der Waals surface area contributed by atoms with Crippen LogP contribution in [0.2, 0.25) is 0 Å². The summed E-state index contributed by atoms with van der Waals surface area (Å²) in [5.41, 5.74) is 2.95. The molecule has 22 heavy (non-hydrogen) atoms. The Bertz CT molecular complexity index is 647. The average Bonchev–Trinajstić information content (AvgIpc) is 2.48. The van der Waals surface area contributed by atoms with Crippen molar-refractivity contribution in [3.63, 3.8) is 0 Å². The topological polar surface area (TPSA) is 47.6 Å². The van der Waals surface area contributed by atoms with Crippen molar-refractivity contribution in [1.82, 2.24) is 5.32 Å². The standard InChI is InChI=1S/C18H21NO3/c1-12-9-13(2)11-14(10-12)22-16-8-6-5-7-15(16)17(21-4)18(20)19-3/h5-11,17H,1-4H3,(H,19,20). The molecule has 0 saturated carbocycles. The van der Waals surface area contributed by atoms with Gasteiger partial charge in [-0.2, -0.15) is 0 Å². The van der Waals surface area contributed by atoms with Gasteiger partial charge in [0.05, 0.1) is 0 Å². The fourth-order valence-corrected chi connectivity index (χ4v) is 2.42. The minimum atomic E-state index is -0.702. The molecule has 0 aliphatic heterocycles. The van der Waals surface area contributed by atoms with Gasteiger partial charge in [-0.3, -0.25) is 4.79 Å². The van der Waals surface area contributed by atoms with Crippen molar-refractivity contribution in [2.24, 2.45) is 0 Å². The van der Waals surface area contributed by atoms with Crippen LogP contribution in [0, 0.1) is 13.8 Å². The highest BCUT2D eigenvalue weighted by molar-refractivity contribution is 5.82. The van der Waals surface area contributed by atoms with Crippen LogP contribution in [0.15, 0.2) is 42.5 Å². The molecule has 4 nitrogen and oxygen atoms in total. The molecule has 1 N–H and O–H groups in total. The second-order valence-electron chi connectivity index (χ2n) is 5.19. The van der Waals surface area contributed by atoms with Gasteiger partial charge in [-0.25, -0.2) is 0 Å². The smallest absolute Gasteiger partial charge is 0.253 e. The van der Waals surface area contributed by atoms with Crippen LogP contribution in [-0.4, -0.2) is 20.1 Å². The normalized spacial score (nSPS) is 11.8. The van der Waals surface area contributed by atoms with Crippen LogP contribution in [0.25, 0.3) is 0 Å². The fourth-order valence-electron chi connectivity index (χ4n) is 2.42. The van der Waals surface area contributed by atoms with E-state index in [9.17, 15) is 4.79 Å². The Balaban J connectivity index is 2.37. The van der Waals surface area contributed by atoms with Gasteiger partial charge in [0, 0.05) is 19.7 Å². The minimum Gasteiger partial charge on any atom is -0.457 e. The first-order chi connectivity index (χ1) is 10.5. The van der Waals surface area contributed by atoms with Gasteiger partial charge < -0.3 is 14.8 Å². The third-order valence-electron chi connectivity index (χ3n) is 3.34. The van der Waals surface area contributed by atoms with Crippen molar-refractivity contribution in [3.05, 3.63) is 59.2 Å². The Morgan fingerprint density at radius 1 is 1.09 bits per heavy atom. The zero-order valence-electron chi connectivity index (χ0n) is 13.3. The lowest BCUT2D eigenvalue weighted by molar-refractivity contribution is -0.130. The number of carbonyl (C=O) groups is 1. The fraction of sp³-hybridized carbons (Fsp3) is 0.278. The van der Waals surface area contributed by atoms with Crippen molar-refractivity contribution in [2.75, 3.05) is 14.2 Å². The second-order valence-corrected chi connectivity index (χ2v) is 5.19. The van der Waals surface area contributed by atoms with Crippen molar-refractivity contribution >= 4 is 5.91 Å². The molecule has 2 aromatic carbocycles. The van der Waals surface area contributed by atoms with Crippen LogP contribution in [0.1, 0.15) is 22.8 Å². The minimum absolute atomic E-state index is 0.209. The quantitative estimate of drug-likeness (QED) is 0.918. The van der Waals surface area contributed by atoms with Gasteiger partial charge in [0.1, 0.15) is 11.5 Å². The molecule has 0 spiro atoms. The Labute approximate surface area is 131 Å². The summed E-state index contributed by atoms with van der Waals surface area (Å²) >= 11 is 0. The Hall–Kier alpha value is -2.33. The number of hydrogen-bond acceptors (Lipinski definition) is 3. The van der Waals surface area contributed by atoms with Gasteiger partial charge in [-0.05, 0) is 43.2 Å². The monoisotopic (exact) mass is 299 g/mol. The summed E-state index contributed by atoms with van der Waals surface area (Å²) in [6.07, 6.45) is -0.702. The van der Waals surface area contributed by atoms with Gasteiger partial charge in [0.15, 0.2) is 6.10 Å². The highest BCUT2D eigenvalue weighted by atomic mass is 16.5. The van der Waals surface area contributed by atoms with Crippen LogP contribution in [0.5, 0.6) is 11.5 Å². The number of rotatable bonds is 5. The van der Waals surface area contributed by atoms with Crippen molar-refractivity contribution in [3.8, 4) is 11.5 Å². The first-order valence-corrected chi connectivity index (χ1v) is 7.14. The third kappa shape index (κ3) is 3.65. The third-order valence-corrected chi connectivity index (χ3v) is 3.34. The van der Waals surface area contributed by atoms with E-state index in [1.807, 2.05) is 50.2 Å². The van der Waals surface area contributed by atoms with Gasteiger partial charge >= 0.3 is 0 Å². The predicted octanol–water partition coefficient (Wildman–Crippen LogP) is 3.53. The number of hydrogen-bond donors (Lipinski definition) is 1. The van der Waals surface area contributed by atoms with E-state index in [2.05, 4.69) is 11.4 Å². The Kier molecular flexibility index (Phi) is 5.17. The number of likely N-dealkylation sites (N-methyl/N-ethyl adjacent to an activating group) is 1. The van der Waals surface area contributed by atoms with Gasteiger partial charge in [-0.1, -0.05) is 24.3 Å². The van der Waals surface area contributed by atoms with E-state index in [-0.39, 0.29) is 5.91 Å². The van der Waals surface area contributed by atoms with Crippen molar-refractivity contribution in [1.29, 1.82) is 0 Å². The number of para-hydroxylation sites is 1. The van der Waals surface area contributed by atoms with Gasteiger partial charge in [-0.15, -0.1) is 0 Å². The molecule has 1 unspecified atom stereocenters. The molecular weight excluding hydrogens is 278 g/mol. The molecule has 0 radical (unpaired) electrons. The second kappa shape index (κ2) is 7.09. The van der Waals surface area contributed by atoms with Gasteiger partial charge in [0.25, 0.3) is 5.91 Å². The lowest BCUT2D eigenvalue weighted by atomic mass is 10.1. The number of ether oxygens (including phenoxy) is 2. The lowest BCUT2D eigenvalue weighted by Crippen LogP contribution is -2.27. The largest absolute Gasteiger partial charge is 0.457 e. The first-order valence-electron chi connectivity index (χ1n) is 7.14. The summed E-state index contributed by atoms with van der Waals surface area (Å²) in [4.78, 5) is 12.0. The van der Waals surface area contributed by atoms with Crippen LogP contribution in [0.3, 0.4) is 0 Å². The summed E-state index contributed by atoms with van der Waals surface area (Å²) in [6.45, 7) is 4.04. The molecule has 0 aromatic heterocycles. The number of methoxy groups -OCH3 is 1. The molecule has 1 amide bonds. The Morgan fingerprint density at radius 3 is 2.32 bits per heavy atom. The highest BCUT2D eigenvalue weighted by Crippen LogP contribution is 2.32. The molecule has 116 valence electrons. The summed E-state index contributed by atoms with van der Waals surface area (Å²) in [6, 6.07) is 13.4. The SMILES string of the molecule is CNC(=O)C(OC)c1ccccc1Oc1cc(C)cc(C)c1. The van der Waals surface area contributed by atoms with Crippen LogP contribution in [-0.2, 0) is 9.53 Å². The summed E-state index contributed by atoms with van der Waals surface area (Å²) in [5, 5.41) is 2.60. The zero-order chi connectivity index (χ0) is 16.1. The number of benzene rings is 2. The van der Waals surface area contributed by atoms with E-state index in [1.165, 1.54) is 7.11 Å². The molecule has 0 bridgehead atoms. The number of carbonyl (C=O) groups excluding carboxylic acids is 1. The Morgan fingerprint density at radius 2 is 1.73 bits per heavy atom. The van der Waals surface area contributed by atoms with E-state index in [0.717, 1.165) is 16.9 Å². The predicted molar refractivity (Wildman–Crippen MR) is 86.2 cm³/mol. The molecule has 0 aliphatic carbocycles. The molecule has 0 saturated heterocycles. The number of nitrogens with one attached hydrogen (secondary N) is 1. The average molecular weight is 299 g/mol. The molecule has 1 atom stereocenters. The molecular formula is C18H21NO3. The molecule has 2 rings (SSSR count). The summed E-state index contributed by atoms with van der Waals surface area (Å²) < 4.78 is 11.3. The number of amides is 1. The number of aryl methyl sites for hydroxylation is 2. The van der Waals surface area contributed by atoms with E-state index < -0.39 is 6.10 Å². The van der Waals surface area contributed by atoms with E-state index in [4.69, 9.17) is 9.47 Å². The van der Waals surface area contributed by atoms with Crippen molar-refractivity contribution in [2.45, 2.75) is 20.0 Å². The first kappa shape index (κ1) is 16.0. The lowest BCUT2D eigenvalue weighted by Gasteiger charge is -2.18. The van der Waals surface area contributed by atoms with E-state index in [0.29, 0.717) is 11.3 Å². The summed E-state index contributed by atoms with van der Waals surface area (Å²) in [7, 11) is 3.09. The maximum Gasteiger partial charge on any atom is 0.253 e. The maximum atomic E-state index is 12.0. The van der Waals surface area contributed by atoms with Crippen LogP contribution < -0.4 is 10.1 Å². The van der Waals surface area contributed by atoms with Gasteiger partial charge in [0.2, 0.25) is 0 Å². The zero-order valence-corrected chi connectivity index (χ0v) is 13.3. The van der Waals surface area contributed by atoms with E-state index >= 15 is 0 Å². The summed E-state index contributed by atoms with van der Waals surface area (Å²) in [5.74, 6) is 1.15. The maximum absolute atomic E-state index is 12.0. The molecule has 0 fully saturated rings. The van der Waals surface area contributed by atoms with E-state index in [1.54, 1.807) is 7.05 Å². The molecule has 4 heteroatoms. The van der Waals surface area contributed by atoms with Crippen LogP contribution in [0.4, 0.5) is 0 Å². The molecule has 0 aliphatic rings.